The summed E-state index contributed by atoms with van der Waals surface area (Å²) in [5, 5.41) is 1.12. The van der Waals surface area contributed by atoms with Gasteiger partial charge in [0.05, 0.1) is 22.6 Å². The molecule has 6 aromatic carbocycles. The fraction of sp³-hybridized carbons (Fsp3) is 0.0417. The molecular formula is C48H36N2. The number of fused-ring (bicyclic) bond motifs is 5. The molecule has 0 unspecified atom stereocenters. The molecular weight excluding hydrogens is 605 g/mol. The molecule has 0 aliphatic carbocycles. The monoisotopic (exact) mass is 640 g/mol. The van der Waals surface area contributed by atoms with Crippen LogP contribution in [0.3, 0.4) is 0 Å². The summed E-state index contributed by atoms with van der Waals surface area (Å²) in [6.45, 7) is 11.0. The third-order valence-corrected chi connectivity index (χ3v) is 9.68. The number of pyridine rings is 1. The van der Waals surface area contributed by atoms with Crippen LogP contribution in [0.15, 0.2) is 176 Å². The van der Waals surface area contributed by atoms with Gasteiger partial charge >= 0.3 is 0 Å². The summed E-state index contributed by atoms with van der Waals surface area (Å²) in [7, 11) is 0. The first-order valence-electron chi connectivity index (χ1n) is 17.0. The Morgan fingerprint density at radius 1 is 0.620 bits per heavy atom. The highest BCUT2D eigenvalue weighted by Crippen LogP contribution is 2.39. The molecule has 8 rings (SSSR count). The van der Waals surface area contributed by atoms with E-state index in [1.54, 1.807) is 0 Å². The first kappa shape index (κ1) is 30.9. The topological polar surface area (TPSA) is 25.2 Å². The van der Waals surface area contributed by atoms with Crippen molar-refractivity contribution in [3.8, 4) is 22.4 Å². The van der Waals surface area contributed by atoms with Gasteiger partial charge in [-0.3, -0.25) is 4.99 Å². The lowest BCUT2D eigenvalue weighted by atomic mass is 9.86. The van der Waals surface area contributed by atoms with Crippen LogP contribution in [0.5, 0.6) is 0 Å². The number of hydrogen-bond acceptors (Lipinski definition) is 2. The molecule has 238 valence electrons. The summed E-state index contributed by atoms with van der Waals surface area (Å²) < 4.78 is 0. The van der Waals surface area contributed by atoms with Crippen LogP contribution in [-0.2, 0) is 6.42 Å². The van der Waals surface area contributed by atoms with Crippen molar-refractivity contribution in [1.82, 2.24) is 4.98 Å². The van der Waals surface area contributed by atoms with E-state index in [1.807, 2.05) is 18.2 Å². The molecule has 0 radical (unpaired) electrons. The van der Waals surface area contributed by atoms with Crippen molar-refractivity contribution >= 4 is 39.5 Å². The molecule has 0 saturated carbocycles. The smallest absolute Gasteiger partial charge is 0.0744 e. The lowest BCUT2D eigenvalue weighted by Gasteiger charge is -2.20. The van der Waals surface area contributed by atoms with Crippen LogP contribution in [0, 0.1) is 6.92 Å². The number of para-hydroxylation sites is 1. The molecule has 2 nitrogen and oxygen atoms in total. The number of aliphatic imine (C=N–C) groups is 1. The minimum atomic E-state index is 0.699. The van der Waals surface area contributed by atoms with E-state index in [9.17, 15) is 0 Å². The van der Waals surface area contributed by atoms with Crippen molar-refractivity contribution in [2.24, 2.45) is 4.99 Å². The molecule has 0 N–H and O–H groups in total. The van der Waals surface area contributed by atoms with E-state index in [0.29, 0.717) is 6.42 Å². The summed E-state index contributed by atoms with van der Waals surface area (Å²) in [6, 6.07) is 53.1. The van der Waals surface area contributed by atoms with E-state index in [0.717, 1.165) is 78.1 Å². The van der Waals surface area contributed by atoms with Crippen LogP contribution >= 0.6 is 0 Å². The van der Waals surface area contributed by atoms with Gasteiger partial charge < -0.3 is 0 Å². The zero-order chi connectivity index (χ0) is 34.0. The minimum absolute atomic E-state index is 0.699. The van der Waals surface area contributed by atoms with Crippen LogP contribution in [0.1, 0.15) is 38.9 Å². The van der Waals surface area contributed by atoms with Crippen molar-refractivity contribution in [2.45, 2.75) is 13.3 Å². The summed E-state index contributed by atoms with van der Waals surface area (Å²) in [6.07, 6.45) is 4.92. The van der Waals surface area contributed by atoms with Gasteiger partial charge in [0.1, 0.15) is 0 Å². The highest BCUT2D eigenvalue weighted by molar-refractivity contribution is 6.06. The number of hydrogen-bond donors (Lipinski definition) is 0. The van der Waals surface area contributed by atoms with E-state index in [2.05, 4.69) is 166 Å². The van der Waals surface area contributed by atoms with E-state index in [-0.39, 0.29) is 0 Å². The highest BCUT2D eigenvalue weighted by Gasteiger charge is 2.19. The van der Waals surface area contributed by atoms with Gasteiger partial charge in [-0.2, -0.15) is 0 Å². The summed E-state index contributed by atoms with van der Waals surface area (Å²) in [5.74, 6) is 0. The number of aromatic nitrogens is 1. The van der Waals surface area contributed by atoms with Crippen LogP contribution in [0.25, 0.3) is 50.5 Å². The van der Waals surface area contributed by atoms with E-state index < -0.39 is 0 Å². The largest absolute Gasteiger partial charge is 0.252 e. The van der Waals surface area contributed by atoms with Crippen molar-refractivity contribution in [3.05, 3.63) is 210 Å². The zero-order valence-electron chi connectivity index (χ0n) is 28.1. The SMILES string of the molecule is C=C(/C=C\c1ccc2ccc(-c3ccc(C4=Nc5ccccc5C(=C)c5ccccc5-c5ccccc5C4)cc3)nc2c1C)c1ccccc1. The van der Waals surface area contributed by atoms with Gasteiger partial charge in [-0.1, -0.05) is 165 Å². The molecule has 0 fully saturated rings. The standard InChI is InChI=1S/C48H36N2/c1-32(35-13-5-4-6-14-35)21-22-36-23-28-39-29-30-45(50-48(39)33(36)2)37-24-26-38(27-25-37)47-31-40-15-7-8-18-43(40)44-19-10-9-16-41(44)34(3)42-17-11-12-20-46(42)49-47/h4-30H,1,3,31H2,2H3/b22-21-,49-47?. The number of allylic oxidation sites excluding steroid dienone is 2. The Bertz CT molecular complexity index is 2480. The zero-order valence-corrected chi connectivity index (χ0v) is 28.1. The number of rotatable bonds is 5. The average molecular weight is 641 g/mol. The Labute approximate surface area is 294 Å². The van der Waals surface area contributed by atoms with Gasteiger partial charge in [0, 0.05) is 22.9 Å². The molecule has 2 heterocycles. The third kappa shape index (κ3) is 5.93. The second-order valence-corrected chi connectivity index (χ2v) is 12.8. The average Bonchev–Trinajstić information content (AvgIpc) is 3.17. The van der Waals surface area contributed by atoms with Crippen LogP contribution in [0.4, 0.5) is 5.69 Å². The molecule has 50 heavy (non-hydrogen) atoms. The maximum atomic E-state index is 5.33. The molecule has 0 bridgehead atoms. The fourth-order valence-corrected chi connectivity index (χ4v) is 6.88. The highest BCUT2D eigenvalue weighted by atomic mass is 14.8. The van der Waals surface area contributed by atoms with Crippen molar-refractivity contribution in [3.63, 3.8) is 0 Å². The molecule has 2 heteroatoms. The Balaban J connectivity index is 1.15. The molecule has 1 aliphatic rings. The second-order valence-electron chi connectivity index (χ2n) is 12.8. The van der Waals surface area contributed by atoms with Gasteiger partial charge in [0.25, 0.3) is 0 Å². The Kier molecular flexibility index (Phi) is 8.20. The molecule has 0 saturated heterocycles. The Hall–Kier alpha value is -6.38. The molecule has 1 aliphatic heterocycles. The van der Waals surface area contributed by atoms with Gasteiger partial charge in [-0.05, 0) is 74.7 Å². The molecule has 0 spiro atoms. The maximum Gasteiger partial charge on any atom is 0.0744 e. The lowest BCUT2D eigenvalue weighted by Crippen LogP contribution is -2.08. The van der Waals surface area contributed by atoms with Crippen molar-refractivity contribution in [1.29, 1.82) is 0 Å². The Morgan fingerprint density at radius 3 is 2.06 bits per heavy atom. The van der Waals surface area contributed by atoms with E-state index in [1.165, 1.54) is 16.7 Å². The van der Waals surface area contributed by atoms with Gasteiger partial charge in [0.2, 0.25) is 0 Å². The van der Waals surface area contributed by atoms with Crippen LogP contribution < -0.4 is 0 Å². The van der Waals surface area contributed by atoms with Crippen LogP contribution in [-0.4, -0.2) is 10.7 Å². The van der Waals surface area contributed by atoms with Gasteiger partial charge in [-0.15, -0.1) is 0 Å². The molecule has 7 aromatic rings. The van der Waals surface area contributed by atoms with Crippen LogP contribution in [0.2, 0.25) is 0 Å². The minimum Gasteiger partial charge on any atom is -0.252 e. The summed E-state index contributed by atoms with van der Waals surface area (Å²) in [4.78, 5) is 10.5. The maximum absolute atomic E-state index is 5.33. The first-order chi connectivity index (χ1) is 24.5. The normalized spacial score (nSPS) is 12.6. The predicted octanol–water partition coefficient (Wildman–Crippen LogP) is 12.3. The third-order valence-electron chi connectivity index (χ3n) is 9.68. The number of aryl methyl sites for hydroxylation is 1. The number of benzene rings is 6. The predicted molar refractivity (Wildman–Crippen MR) is 213 cm³/mol. The van der Waals surface area contributed by atoms with Gasteiger partial charge in [0.15, 0.2) is 0 Å². The van der Waals surface area contributed by atoms with Gasteiger partial charge in [-0.25, -0.2) is 4.98 Å². The molecule has 0 amide bonds. The molecule has 0 atom stereocenters. The fourth-order valence-electron chi connectivity index (χ4n) is 6.88. The van der Waals surface area contributed by atoms with E-state index in [4.69, 9.17) is 9.98 Å². The van der Waals surface area contributed by atoms with Crippen molar-refractivity contribution in [2.75, 3.05) is 0 Å². The quantitative estimate of drug-likeness (QED) is 0.172. The lowest BCUT2D eigenvalue weighted by molar-refractivity contribution is 1.28. The summed E-state index contributed by atoms with van der Waals surface area (Å²) >= 11 is 0. The van der Waals surface area contributed by atoms with Crippen molar-refractivity contribution < 1.29 is 0 Å². The first-order valence-corrected chi connectivity index (χ1v) is 17.0. The summed E-state index contributed by atoms with van der Waals surface area (Å²) in [5.41, 5.74) is 17.2. The van der Waals surface area contributed by atoms with E-state index >= 15 is 0 Å². The Morgan fingerprint density at radius 2 is 1.26 bits per heavy atom. The number of nitrogens with zero attached hydrogens (tertiary/aromatic N) is 2. The molecule has 1 aromatic heterocycles. The second kappa shape index (κ2) is 13.3.